The van der Waals surface area contributed by atoms with E-state index in [-0.39, 0.29) is 11.9 Å². The maximum atomic E-state index is 11.7. The zero-order valence-electron chi connectivity index (χ0n) is 10.4. The number of allylic oxidation sites excluding steroid dienone is 1. The first-order valence-electron chi connectivity index (χ1n) is 5.42. The number of carbonyl (C=O) groups is 1. The summed E-state index contributed by atoms with van der Waals surface area (Å²) in [4.78, 5) is 11.7. The molecule has 0 saturated carbocycles. The minimum Gasteiger partial charge on any atom is -0.460 e. The van der Waals surface area contributed by atoms with Crippen LogP contribution >= 0.6 is 0 Å². The van der Waals surface area contributed by atoms with E-state index >= 15 is 0 Å². The first kappa shape index (κ1) is 14.2. The molecule has 0 saturated heterocycles. The lowest BCUT2D eigenvalue weighted by Gasteiger charge is -2.13. The van der Waals surface area contributed by atoms with Gasteiger partial charge < -0.3 is 9.47 Å². The molecule has 0 aliphatic heterocycles. The van der Waals surface area contributed by atoms with Crippen LogP contribution in [0.5, 0.6) is 0 Å². The van der Waals surface area contributed by atoms with Crippen molar-refractivity contribution in [2.45, 2.75) is 34.6 Å². The minimum atomic E-state index is -0.218. The summed E-state index contributed by atoms with van der Waals surface area (Å²) in [6, 6.07) is 0. The van der Waals surface area contributed by atoms with E-state index in [2.05, 4.69) is 0 Å². The molecule has 88 valence electrons. The van der Waals surface area contributed by atoms with E-state index in [0.29, 0.717) is 19.8 Å². The summed E-state index contributed by atoms with van der Waals surface area (Å²) in [7, 11) is 0. The predicted molar refractivity (Wildman–Crippen MR) is 60.7 cm³/mol. The Morgan fingerprint density at radius 2 is 1.80 bits per heavy atom. The van der Waals surface area contributed by atoms with Gasteiger partial charge in [0.1, 0.15) is 6.61 Å². The fraction of sp³-hybridized carbons (Fsp3) is 0.750. The quantitative estimate of drug-likeness (QED) is 0.387. The second-order valence-corrected chi connectivity index (χ2v) is 3.90. The van der Waals surface area contributed by atoms with Crippen LogP contribution in [0.3, 0.4) is 0 Å². The molecule has 0 rings (SSSR count). The molecule has 15 heavy (non-hydrogen) atoms. The molecule has 0 N–H and O–H groups in total. The average Bonchev–Trinajstić information content (AvgIpc) is 2.11. The summed E-state index contributed by atoms with van der Waals surface area (Å²) in [5, 5.41) is 0. The lowest BCUT2D eigenvalue weighted by molar-refractivity contribution is -0.141. The highest BCUT2D eigenvalue weighted by molar-refractivity contribution is 5.89. The fourth-order valence-corrected chi connectivity index (χ4v) is 1.43. The smallest absolute Gasteiger partial charge is 0.334 e. The fourth-order valence-electron chi connectivity index (χ4n) is 1.43. The molecule has 3 nitrogen and oxygen atoms in total. The zero-order chi connectivity index (χ0) is 11.8. The van der Waals surface area contributed by atoms with Crippen molar-refractivity contribution in [1.29, 1.82) is 0 Å². The van der Waals surface area contributed by atoms with Gasteiger partial charge in [0.05, 0.1) is 6.61 Å². The summed E-state index contributed by atoms with van der Waals surface area (Å²) >= 11 is 0. The molecule has 0 bridgehead atoms. The molecular weight excluding hydrogens is 192 g/mol. The van der Waals surface area contributed by atoms with Crippen molar-refractivity contribution >= 4 is 5.97 Å². The van der Waals surface area contributed by atoms with Gasteiger partial charge in [-0.1, -0.05) is 19.4 Å². The van der Waals surface area contributed by atoms with Crippen LogP contribution in [0.4, 0.5) is 0 Å². The average molecular weight is 214 g/mol. The van der Waals surface area contributed by atoms with E-state index < -0.39 is 0 Å². The van der Waals surface area contributed by atoms with Crippen LogP contribution in [-0.4, -0.2) is 25.8 Å². The molecule has 0 aromatic carbocycles. The molecule has 3 heteroatoms. The van der Waals surface area contributed by atoms with Crippen LogP contribution in [0.1, 0.15) is 34.6 Å². The molecule has 0 unspecified atom stereocenters. The van der Waals surface area contributed by atoms with Gasteiger partial charge in [0, 0.05) is 12.2 Å². The Morgan fingerprint density at radius 3 is 2.20 bits per heavy atom. The van der Waals surface area contributed by atoms with Gasteiger partial charge in [0.25, 0.3) is 0 Å². The van der Waals surface area contributed by atoms with Crippen LogP contribution in [-0.2, 0) is 14.3 Å². The van der Waals surface area contributed by atoms with Gasteiger partial charge in [-0.05, 0) is 26.7 Å². The van der Waals surface area contributed by atoms with E-state index in [4.69, 9.17) is 9.47 Å². The van der Waals surface area contributed by atoms with Gasteiger partial charge in [-0.3, -0.25) is 0 Å². The Balaban J connectivity index is 4.13. The monoisotopic (exact) mass is 214 g/mol. The van der Waals surface area contributed by atoms with Gasteiger partial charge in [-0.2, -0.15) is 0 Å². The summed E-state index contributed by atoms with van der Waals surface area (Å²) in [5.41, 5.74) is 1.79. The Morgan fingerprint density at radius 1 is 1.20 bits per heavy atom. The maximum absolute atomic E-state index is 11.7. The van der Waals surface area contributed by atoms with Crippen LogP contribution in [0.25, 0.3) is 0 Å². The summed E-state index contributed by atoms with van der Waals surface area (Å²) in [6.45, 7) is 11.2. The Bertz CT molecular complexity index is 225. The van der Waals surface area contributed by atoms with Gasteiger partial charge in [0.15, 0.2) is 0 Å². The molecule has 0 radical (unpaired) electrons. The molecule has 0 aromatic heterocycles. The standard InChI is InChI=1S/C12H22O3/c1-6-14-7-8-15-12(13)11(9(2)3)10(4)5/h9H,6-8H2,1-5H3. The molecule has 0 aromatic rings. The van der Waals surface area contributed by atoms with Gasteiger partial charge in [-0.25, -0.2) is 4.79 Å². The van der Waals surface area contributed by atoms with Crippen LogP contribution < -0.4 is 0 Å². The van der Waals surface area contributed by atoms with E-state index in [1.165, 1.54) is 0 Å². The van der Waals surface area contributed by atoms with Crippen LogP contribution in [0.15, 0.2) is 11.1 Å². The van der Waals surface area contributed by atoms with E-state index in [0.717, 1.165) is 11.1 Å². The Kier molecular flexibility index (Phi) is 7.05. The van der Waals surface area contributed by atoms with Crippen molar-refractivity contribution in [2.75, 3.05) is 19.8 Å². The molecule has 0 spiro atoms. The largest absolute Gasteiger partial charge is 0.460 e. The summed E-state index contributed by atoms with van der Waals surface area (Å²) in [5.74, 6) is -0.0145. The second kappa shape index (κ2) is 7.46. The molecule has 0 aliphatic rings. The van der Waals surface area contributed by atoms with Crippen molar-refractivity contribution in [2.24, 2.45) is 5.92 Å². The first-order valence-corrected chi connectivity index (χ1v) is 5.42. The highest BCUT2D eigenvalue weighted by atomic mass is 16.6. The van der Waals surface area contributed by atoms with E-state index in [9.17, 15) is 4.79 Å². The Hall–Kier alpha value is -0.830. The van der Waals surface area contributed by atoms with E-state index in [1.807, 2.05) is 34.6 Å². The molecule has 0 fully saturated rings. The number of hydrogen-bond donors (Lipinski definition) is 0. The second-order valence-electron chi connectivity index (χ2n) is 3.90. The number of carbonyl (C=O) groups excluding carboxylic acids is 1. The van der Waals surface area contributed by atoms with Crippen molar-refractivity contribution < 1.29 is 14.3 Å². The summed E-state index contributed by atoms with van der Waals surface area (Å²) in [6.07, 6.45) is 0. The highest BCUT2D eigenvalue weighted by Crippen LogP contribution is 2.16. The zero-order valence-corrected chi connectivity index (χ0v) is 10.4. The topological polar surface area (TPSA) is 35.5 Å². The van der Waals surface area contributed by atoms with Gasteiger partial charge >= 0.3 is 5.97 Å². The lowest BCUT2D eigenvalue weighted by Crippen LogP contribution is -2.16. The number of rotatable bonds is 6. The van der Waals surface area contributed by atoms with Gasteiger partial charge in [-0.15, -0.1) is 0 Å². The number of ether oxygens (including phenoxy) is 2. The van der Waals surface area contributed by atoms with Crippen LogP contribution in [0, 0.1) is 5.92 Å². The third kappa shape index (κ3) is 5.57. The molecule has 0 amide bonds. The lowest BCUT2D eigenvalue weighted by atomic mass is 9.99. The molecule has 0 aliphatic carbocycles. The van der Waals surface area contributed by atoms with Crippen molar-refractivity contribution in [1.82, 2.24) is 0 Å². The summed E-state index contributed by atoms with van der Waals surface area (Å²) < 4.78 is 10.2. The Labute approximate surface area is 92.5 Å². The molecule has 0 atom stereocenters. The third-order valence-electron chi connectivity index (χ3n) is 2.00. The third-order valence-corrected chi connectivity index (χ3v) is 2.00. The van der Waals surface area contributed by atoms with E-state index in [1.54, 1.807) is 0 Å². The van der Waals surface area contributed by atoms with Crippen molar-refractivity contribution in [3.8, 4) is 0 Å². The molecular formula is C12H22O3. The normalized spacial score (nSPS) is 10.3. The predicted octanol–water partition coefficient (Wildman–Crippen LogP) is 2.56. The minimum absolute atomic E-state index is 0.203. The number of hydrogen-bond acceptors (Lipinski definition) is 3. The van der Waals surface area contributed by atoms with Crippen LogP contribution in [0.2, 0.25) is 0 Å². The van der Waals surface area contributed by atoms with Gasteiger partial charge in [0.2, 0.25) is 0 Å². The van der Waals surface area contributed by atoms with Crippen molar-refractivity contribution in [3.05, 3.63) is 11.1 Å². The number of esters is 1. The first-order chi connectivity index (χ1) is 7.00. The highest BCUT2D eigenvalue weighted by Gasteiger charge is 2.15. The molecule has 0 heterocycles. The maximum Gasteiger partial charge on any atom is 0.334 e. The van der Waals surface area contributed by atoms with Crippen molar-refractivity contribution in [3.63, 3.8) is 0 Å². The SMILES string of the molecule is CCOCCOC(=O)C(=C(C)C)C(C)C.